The number of carbonyl (C=O) groups excluding carboxylic acids is 1. The van der Waals surface area contributed by atoms with Crippen molar-refractivity contribution in [3.05, 3.63) is 35.9 Å². The molecule has 3 rings (SSSR count). The van der Waals surface area contributed by atoms with Gasteiger partial charge >= 0.3 is 0 Å². The first-order valence-electron chi connectivity index (χ1n) is 11.1. The van der Waals surface area contributed by atoms with Gasteiger partial charge in [0.25, 0.3) is 0 Å². The molecule has 9 heteroatoms. The van der Waals surface area contributed by atoms with Gasteiger partial charge in [0.2, 0.25) is 11.7 Å². The summed E-state index contributed by atoms with van der Waals surface area (Å²) in [6, 6.07) is 8.57. The summed E-state index contributed by atoms with van der Waals surface area (Å²) in [5, 5.41) is 11.0. The molecule has 0 aromatic heterocycles. The fourth-order valence-electron chi connectivity index (χ4n) is 4.14. The maximum Gasteiger partial charge on any atom is 0.235 e. The number of methoxy groups -OCH3 is 4. The van der Waals surface area contributed by atoms with Crippen molar-refractivity contribution in [2.24, 2.45) is 5.92 Å². The van der Waals surface area contributed by atoms with E-state index in [9.17, 15) is 9.90 Å². The summed E-state index contributed by atoms with van der Waals surface area (Å²) in [5.41, 5.74) is 1.38. The van der Waals surface area contributed by atoms with Crippen LogP contribution in [0.5, 0.6) is 28.7 Å². The smallest absolute Gasteiger partial charge is 0.235 e. The molecule has 0 aliphatic carbocycles. The number of hydrogen-bond acceptors (Lipinski definition) is 7. The molecule has 2 aromatic carbocycles. The van der Waals surface area contributed by atoms with E-state index < -0.39 is 12.0 Å². The number of nitrogens with zero attached hydrogens (tertiary/aromatic N) is 1. The predicted molar refractivity (Wildman–Crippen MR) is 133 cm³/mol. The normalized spacial score (nSPS) is 17.2. The number of rotatable bonds is 13. The zero-order valence-corrected chi connectivity index (χ0v) is 21.6. The van der Waals surface area contributed by atoms with E-state index in [0.717, 1.165) is 30.2 Å². The first-order chi connectivity index (χ1) is 16.5. The van der Waals surface area contributed by atoms with Gasteiger partial charge in [-0.2, -0.15) is 0 Å². The molecule has 1 aliphatic heterocycles. The minimum atomic E-state index is -0.594. The van der Waals surface area contributed by atoms with Crippen LogP contribution in [0.1, 0.15) is 30.9 Å². The highest BCUT2D eigenvalue weighted by atomic mass is 79.9. The van der Waals surface area contributed by atoms with Crippen molar-refractivity contribution in [1.29, 1.82) is 0 Å². The first-order valence-corrected chi connectivity index (χ1v) is 12.3. The van der Waals surface area contributed by atoms with Gasteiger partial charge in [0.15, 0.2) is 11.5 Å². The van der Waals surface area contributed by atoms with Crippen molar-refractivity contribution in [3.8, 4) is 28.7 Å². The maximum atomic E-state index is 13.1. The van der Waals surface area contributed by atoms with Crippen molar-refractivity contribution >= 4 is 27.5 Å². The van der Waals surface area contributed by atoms with Gasteiger partial charge < -0.3 is 33.7 Å². The Morgan fingerprint density at radius 2 is 1.62 bits per heavy atom. The fourth-order valence-corrected chi connectivity index (χ4v) is 4.54. The highest BCUT2D eigenvalue weighted by molar-refractivity contribution is 9.09. The first kappa shape index (κ1) is 26.0. The van der Waals surface area contributed by atoms with Crippen LogP contribution in [0.3, 0.4) is 0 Å². The number of aliphatic hydroxyl groups excluding tert-OH is 1. The molecule has 1 amide bonds. The van der Waals surface area contributed by atoms with Crippen LogP contribution in [0, 0.1) is 5.92 Å². The summed E-state index contributed by atoms with van der Waals surface area (Å²) in [6.45, 7) is 0.267. The van der Waals surface area contributed by atoms with E-state index in [0.29, 0.717) is 41.0 Å². The second-order valence-corrected chi connectivity index (χ2v) is 8.62. The van der Waals surface area contributed by atoms with E-state index >= 15 is 0 Å². The molecule has 1 saturated heterocycles. The highest BCUT2D eigenvalue weighted by Gasteiger charge is 2.50. The van der Waals surface area contributed by atoms with E-state index in [-0.39, 0.29) is 12.5 Å². The van der Waals surface area contributed by atoms with Gasteiger partial charge in [0.05, 0.1) is 59.3 Å². The summed E-state index contributed by atoms with van der Waals surface area (Å²) < 4.78 is 27.9. The number of aliphatic hydroxyl groups is 1. The summed E-state index contributed by atoms with van der Waals surface area (Å²) in [6.07, 6.45) is 3.03. The van der Waals surface area contributed by atoms with E-state index in [1.165, 1.54) is 21.3 Å². The summed E-state index contributed by atoms with van der Waals surface area (Å²) in [7, 11) is 6.18. The Balaban J connectivity index is 2.00. The third-order valence-electron chi connectivity index (χ3n) is 5.91. The molecule has 0 bridgehead atoms. The summed E-state index contributed by atoms with van der Waals surface area (Å²) >= 11 is 3.45. The van der Waals surface area contributed by atoms with Gasteiger partial charge in [-0.25, -0.2) is 0 Å². The molecular formula is C25H32BrNO7. The average Bonchev–Trinajstić information content (AvgIpc) is 2.86. The Morgan fingerprint density at radius 3 is 2.18 bits per heavy atom. The van der Waals surface area contributed by atoms with Crippen LogP contribution < -0.4 is 28.6 Å². The van der Waals surface area contributed by atoms with E-state index in [1.54, 1.807) is 24.1 Å². The van der Waals surface area contributed by atoms with Crippen molar-refractivity contribution in [3.63, 3.8) is 0 Å². The van der Waals surface area contributed by atoms with Crippen molar-refractivity contribution in [2.45, 2.75) is 25.3 Å². The Morgan fingerprint density at radius 1 is 0.912 bits per heavy atom. The molecule has 1 aliphatic rings. The van der Waals surface area contributed by atoms with Gasteiger partial charge in [-0.05, 0) is 31.4 Å². The zero-order valence-electron chi connectivity index (χ0n) is 20.0. The summed E-state index contributed by atoms with van der Waals surface area (Å²) in [5.74, 6) is 1.82. The van der Waals surface area contributed by atoms with Crippen LogP contribution in [0.15, 0.2) is 30.3 Å². The quantitative estimate of drug-likeness (QED) is 0.230. The number of benzene rings is 2. The standard InChI is InChI=1S/C25H32BrNO7/c1-30-17-8-9-18(20(14-17)34-11-7-5-6-10-26)23-19(15-28)25(29)27(23)16-12-21(31-2)24(33-4)22(13-16)32-3/h8-9,12-14,19,23,28H,5-7,10-11,15H2,1-4H3/t19-,23+/m1/s1. The Bertz CT molecular complexity index is 959. The molecule has 8 nitrogen and oxygen atoms in total. The molecule has 1 heterocycles. The number of amides is 1. The summed E-state index contributed by atoms with van der Waals surface area (Å²) in [4.78, 5) is 14.7. The number of alkyl halides is 1. The minimum Gasteiger partial charge on any atom is -0.497 e. The Labute approximate surface area is 208 Å². The second kappa shape index (κ2) is 12.2. The van der Waals surface area contributed by atoms with Gasteiger partial charge in [-0.3, -0.25) is 4.79 Å². The third kappa shape index (κ3) is 5.20. The van der Waals surface area contributed by atoms with Crippen LogP contribution >= 0.6 is 15.9 Å². The van der Waals surface area contributed by atoms with Gasteiger partial charge in [-0.1, -0.05) is 15.9 Å². The zero-order chi connectivity index (χ0) is 24.7. The number of ether oxygens (including phenoxy) is 5. The van der Waals surface area contributed by atoms with Crippen molar-refractivity contribution in [2.75, 3.05) is 51.9 Å². The lowest BCUT2D eigenvalue weighted by Crippen LogP contribution is -2.56. The number of anilines is 1. The molecule has 1 N–H and O–H groups in total. The maximum absolute atomic E-state index is 13.1. The topological polar surface area (TPSA) is 86.7 Å². The third-order valence-corrected chi connectivity index (χ3v) is 6.47. The number of carbonyl (C=O) groups is 1. The molecule has 1 fully saturated rings. The molecule has 34 heavy (non-hydrogen) atoms. The molecule has 2 atom stereocenters. The average molecular weight is 538 g/mol. The number of unbranched alkanes of at least 4 members (excludes halogenated alkanes) is 2. The van der Waals surface area contributed by atoms with Crippen LogP contribution in [0.25, 0.3) is 0 Å². The lowest BCUT2D eigenvalue weighted by Gasteiger charge is -2.47. The minimum absolute atomic E-state index is 0.194. The number of halogens is 1. The Hall–Kier alpha value is -2.65. The Kier molecular flexibility index (Phi) is 9.29. The van der Waals surface area contributed by atoms with E-state index in [1.807, 2.05) is 18.2 Å². The fraction of sp³-hybridized carbons (Fsp3) is 0.480. The van der Waals surface area contributed by atoms with E-state index in [2.05, 4.69) is 15.9 Å². The molecule has 186 valence electrons. The molecule has 0 radical (unpaired) electrons. The molecular weight excluding hydrogens is 506 g/mol. The van der Waals surface area contributed by atoms with Crippen LogP contribution in [0.2, 0.25) is 0 Å². The van der Waals surface area contributed by atoms with Crippen LogP contribution in [-0.2, 0) is 4.79 Å². The molecule has 0 spiro atoms. The monoisotopic (exact) mass is 537 g/mol. The van der Waals surface area contributed by atoms with Crippen molar-refractivity contribution in [1.82, 2.24) is 0 Å². The molecule has 0 saturated carbocycles. The number of hydrogen-bond donors (Lipinski definition) is 1. The van der Waals surface area contributed by atoms with Gasteiger partial charge in [0, 0.05) is 29.1 Å². The van der Waals surface area contributed by atoms with Crippen LogP contribution in [-0.4, -0.2) is 58.0 Å². The second-order valence-electron chi connectivity index (χ2n) is 7.83. The lowest BCUT2D eigenvalue weighted by molar-refractivity contribution is -0.132. The molecule has 0 unspecified atom stereocenters. The highest BCUT2D eigenvalue weighted by Crippen LogP contribution is 2.50. The largest absolute Gasteiger partial charge is 0.497 e. The van der Waals surface area contributed by atoms with E-state index in [4.69, 9.17) is 23.7 Å². The van der Waals surface area contributed by atoms with Gasteiger partial charge in [0.1, 0.15) is 11.5 Å². The number of β-lactam (4-membered cyclic amide) rings is 1. The lowest BCUT2D eigenvalue weighted by atomic mass is 9.81. The SMILES string of the molecule is COc1ccc([C@H]2[C@@H](CO)C(=O)N2c2cc(OC)c(OC)c(OC)c2)c(OCCCCCBr)c1. The predicted octanol–water partition coefficient (Wildman–Crippen LogP) is 4.36. The van der Waals surface area contributed by atoms with Crippen molar-refractivity contribution < 1.29 is 33.6 Å². The van der Waals surface area contributed by atoms with Gasteiger partial charge in [-0.15, -0.1) is 0 Å². The molecule has 2 aromatic rings. The van der Waals surface area contributed by atoms with Crippen LogP contribution in [0.4, 0.5) is 5.69 Å².